The molecule has 0 spiro atoms. The van der Waals surface area contributed by atoms with Gasteiger partial charge < -0.3 is 14.8 Å². The van der Waals surface area contributed by atoms with Gasteiger partial charge in [0.25, 0.3) is 5.91 Å². The maximum absolute atomic E-state index is 13.1. The summed E-state index contributed by atoms with van der Waals surface area (Å²) in [6.07, 6.45) is 2.05. The summed E-state index contributed by atoms with van der Waals surface area (Å²) in [7, 11) is 1.95. The van der Waals surface area contributed by atoms with E-state index in [0.717, 1.165) is 48.6 Å². The van der Waals surface area contributed by atoms with Gasteiger partial charge in [-0.25, -0.2) is 0 Å². The monoisotopic (exact) mass is 389 g/mol. The molecule has 1 aliphatic heterocycles. The second-order valence-corrected chi connectivity index (χ2v) is 7.77. The molecule has 1 aliphatic rings. The van der Waals surface area contributed by atoms with Crippen molar-refractivity contribution in [2.45, 2.75) is 52.5 Å². The molecule has 0 saturated carbocycles. The van der Waals surface area contributed by atoms with Gasteiger partial charge >= 0.3 is 0 Å². The van der Waals surface area contributed by atoms with Crippen molar-refractivity contribution in [3.8, 4) is 5.69 Å². The van der Waals surface area contributed by atoms with Crippen molar-refractivity contribution in [1.29, 1.82) is 0 Å². The summed E-state index contributed by atoms with van der Waals surface area (Å²) >= 11 is 0. The highest BCUT2D eigenvalue weighted by molar-refractivity contribution is 5.96. The highest BCUT2D eigenvalue weighted by atomic mass is 35.5. The molecule has 1 aromatic heterocycles. The van der Waals surface area contributed by atoms with Crippen molar-refractivity contribution in [2.24, 2.45) is 0 Å². The van der Waals surface area contributed by atoms with Crippen molar-refractivity contribution in [1.82, 2.24) is 14.8 Å². The predicted octanol–water partition coefficient (Wildman–Crippen LogP) is 4.46. The zero-order valence-corrected chi connectivity index (χ0v) is 17.9. The minimum Gasteiger partial charge on any atom is -0.339 e. The first kappa shape index (κ1) is 21.5. The molecule has 1 N–H and O–H groups in total. The number of carbonyl (C=O) groups is 1. The van der Waals surface area contributed by atoms with Crippen LogP contribution in [0.15, 0.2) is 30.3 Å². The molecule has 2 heterocycles. The van der Waals surface area contributed by atoms with Gasteiger partial charge in [0, 0.05) is 30.2 Å². The van der Waals surface area contributed by atoms with Crippen LogP contribution in [-0.4, -0.2) is 41.6 Å². The molecule has 148 valence electrons. The molecule has 1 aromatic carbocycles. The number of hydrogen-bond acceptors (Lipinski definition) is 2. The summed E-state index contributed by atoms with van der Waals surface area (Å²) in [5.74, 6) is 0.620. The van der Waals surface area contributed by atoms with Crippen LogP contribution < -0.4 is 5.32 Å². The third-order valence-corrected chi connectivity index (χ3v) is 5.63. The summed E-state index contributed by atoms with van der Waals surface area (Å²) in [6.45, 7) is 10.5. The van der Waals surface area contributed by atoms with Crippen LogP contribution in [0.5, 0.6) is 0 Å². The minimum atomic E-state index is 0. The maximum atomic E-state index is 13.1. The van der Waals surface area contributed by atoms with Gasteiger partial charge in [-0.3, -0.25) is 4.79 Å². The lowest BCUT2D eigenvalue weighted by Crippen LogP contribution is -2.44. The molecule has 3 rings (SSSR count). The van der Waals surface area contributed by atoms with Crippen LogP contribution in [0.3, 0.4) is 0 Å². The van der Waals surface area contributed by atoms with Crippen molar-refractivity contribution in [2.75, 3.05) is 20.1 Å². The quantitative estimate of drug-likeness (QED) is 0.837. The Balaban J connectivity index is 0.00000261. The molecular weight excluding hydrogens is 358 g/mol. The largest absolute Gasteiger partial charge is 0.339 e. The molecule has 5 heteroatoms. The molecule has 1 amide bonds. The SMILES string of the molecule is Cc1cc(C(=O)N(C)C2CCNCC2)c(C)n1-c1cccc(C(C)C)c1.Cl. The third kappa shape index (κ3) is 4.39. The number of nitrogens with zero attached hydrogens (tertiary/aromatic N) is 2. The van der Waals surface area contributed by atoms with E-state index < -0.39 is 0 Å². The number of nitrogens with one attached hydrogen (secondary N) is 1. The van der Waals surface area contributed by atoms with Gasteiger partial charge in [0.05, 0.1) is 5.56 Å². The molecule has 1 fully saturated rings. The van der Waals surface area contributed by atoms with E-state index in [4.69, 9.17) is 0 Å². The van der Waals surface area contributed by atoms with E-state index in [0.29, 0.717) is 12.0 Å². The summed E-state index contributed by atoms with van der Waals surface area (Å²) in [5.41, 5.74) is 5.39. The molecule has 4 nitrogen and oxygen atoms in total. The third-order valence-electron chi connectivity index (χ3n) is 5.63. The molecule has 2 aromatic rings. The molecule has 0 aliphatic carbocycles. The fourth-order valence-corrected chi connectivity index (χ4v) is 3.95. The number of benzene rings is 1. The summed E-state index contributed by atoms with van der Waals surface area (Å²) in [5, 5.41) is 3.37. The van der Waals surface area contributed by atoms with Gasteiger partial charge in [-0.15, -0.1) is 12.4 Å². The molecule has 0 unspecified atom stereocenters. The highest BCUT2D eigenvalue weighted by Crippen LogP contribution is 2.25. The van der Waals surface area contributed by atoms with Crippen LogP contribution in [0.2, 0.25) is 0 Å². The molecule has 0 radical (unpaired) electrons. The van der Waals surface area contributed by atoms with Crippen LogP contribution in [0.1, 0.15) is 59.9 Å². The van der Waals surface area contributed by atoms with E-state index >= 15 is 0 Å². The smallest absolute Gasteiger partial charge is 0.255 e. The van der Waals surface area contributed by atoms with E-state index in [-0.39, 0.29) is 18.3 Å². The van der Waals surface area contributed by atoms with Crippen molar-refractivity contribution in [3.63, 3.8) is 0 Å². The zero-order chi connectivity index (χ0) is 18.8. The second-order valence-electron chi connectivity index (χ2n) is 7.77. The average molecular weight is 390 g/mol. The van der Waals surface area contributed by atoms with Gasteiger partial charge in [-0.05, 0) is 69.5 Å². The Morgan fingerprint density at radius 2 is 1.85 bits per heavy atom. The first-order valence-corrected chi connectivity index (χ1v) is 9.67. The molecule has 27 heavy (non-hydrogen) atoms. The van der Waals surface area contributed by atoms with Crippen LogP contribution in [0.4, 0.5) is 0 Å². The van der Waals surface area contributed by atoms with Gasteiger partial charge in [-0.2, -0.15) is 0 Å². The standard InChI is InChI=1S/C22H31N3O.ClH/c1-15(2)18-7-6-8-20(14-18)25-16(3)13-21(17(25)4)22(26)24(5)19-9-11-23-12-10-19;/h6-8,13-15,19,23H,9-12H2,1-5H3;1H. The Labute approximate surface area is 169 Å². The number of aromatic nitrogens is 1. The Morgan fingerprint density at radius 1 is 1.19 bits per heavy atom. The van der Waals surface area contributed by atoms with Crippen LogP contribution >= 0.6 is 12.4 Å². The zero-order valence-electron chi connectivity index (χ0n) is 17.1. The maximum Gasteiger partial charge on any atom is 0.255 e. The van der Waals surface area contributed by atoms with Gasteiger partial charge in [0.1, 0.15) is 0 Å². The highest BCUT2D eigenvalue weighted by Gasteiger charge is 2.26. The lowest BCUT2D eigenvalue weighted by atomic mass is 10.0. The van der Waals surface area contributed by atoms with Crippen LogP contribution in [-0.2, 0) is 0 Å². The second kappa shape index (κ2) is 8.94. The van der Waals surface area contributed by atoms with E-state index in [1.807, 2.05) is 18.0 Å². The number of aryl methyl sites for hydroxylation is 1. The first-order valence-electron chi connectivity index (χ1n) is 9.67. The number of carbonyl (C=O) groups excluding carboxylic acids is 1. The van der Waals surface area contributed by atoms with Crippen molar-refractivity contribution >= 4 is 18.3 Å². The predicted molar refractivity (Wildman–Crippen MR) is 115 cm³/mol. The fraction of sp³-hybridized carbons (Fsp3) is 0.500. The van der Waals surface area contributed by atoms with Crippen molar-refractivity contribution < 1.29 is 4.79 Å². The molecular formula is C22H32ClN3O. The number of amides is 1. The molecule has 0 atom stereocenters. The number of piperidine rings is 1. The van der Waals surface area contributed by atoms with Crippen molar-refractivity contribution in [3.05, 3.63) is 52.8 Å². The topological polar surface area (TPSA) is 37.3 Å². The number of rotatable bonds is 4. The molecule has 1 saturated heterocycles. The summed E-state index contributed by atoms with van der Waals surface area (Å²) < 4.78 is 2.20. The number of hydrogen-bond donors (Lipinski definition) is 1. The van der Waals surface area contributed by atoms with E-state index in [9.17, 15) is 4.79 Å². The lowest BCUT2D eigenvalue weighted by Gasteiger charge is -2.31. The molecule has 0 bridgehead atoms. The van der Waals surface area contributed by atoms with Crippen LogP contribution in [0, 0.1) is 13.8 Å². The normalized spacial score (nSPS) is 14.9. The van der Waals surface area contributed by atoms with Gasteiger partial charge in [0.2, 0.25) is 0 Å². The van der Waals surface area contributed by atoms with E-state index in [1.54, 1.807) is 0 Å². The summed E-state index contributed by atoms with van der Waals surface area (Å²) in [6, 6.07) is 11.0. The Bertz CT molecular complexity index is 791. The number of halogens is 1. The Morgan fingerprint density at radius 3 is 2.48 bits per heavy atom. The average Bonchev–Trinajstić information content (AvgIpc) is 2.95. The first-order chi connectivity index (χ1) is 12.4. The Hall–Kier alpha value is -1.78. The lowest BCUT2D eigenvalue weighted by molar-refractivity contribution is 0.0702. The van der Waals surface area contributed by atoms with Gasteiger partial charge in [-0.1, -0.05) is 26.0 Å². The van der Waals surface area contributed by atoms with E-state index in [1.165, 1.54) is 5.56 Å². The minimum absolute atomic E-state index is 0. The summed E-state index contributed by atoms with van der Waals surface area (Å²) in [4.78, 5) is 15.1. The Kier molecular flexibility index (Phi) is 7.12. The fourth-order valence-electron chi connectivity index (χ4n) is 3.95. The van der Waals surface area contributed by atoms with E-state index in [2.05, 4.69) is 61.8 Å². The van der Waals surface area contributed by atoms with Crippen LogP contribution in [0.25, 0.3) is 5.69 Å². The van der Waals surface area contributed by atoms with Gasteiger partial charge in [0.15, 0.2) is 0 Å².